The number of hydrogen-bond acceptors (Lipinski definition) is 4. The third-order valence-corrected chi connectivity index (χ3v) is 5.77. The molecular formula is C17H17ClFN3O3S. The molecule has 1 aromatic carbocycles. The lowest BCUT2D eigenvalue weighted by Crippen LogP contribution is -2.47. The Morgan fingerprint density at radius 1 is 1.23 bits per heavy atom. The molecule has 9 heteroatoms. The SMILES string of the molecule is O=C(CN1CCCCCC1=O)NNC(=O)c1sc2cc(F)ccc2c1Cl. The molecule has 0 bridgehead atoms. The van der Waals surface area contributed by atoms with Crippen LogP contribution in [-0.2, 0) is 9.59 Å². The van der Waals surface area contributed by atoms with Gasteiger partial charge in [0, 0.05) is 23.1 Å². The van der Waals surface area contributed by atoms with Crippen molar-refractivity contribution < 1.29 is 18.8 Å². The average Bonchev–Trinajstić information content (AvgIpc) is 2.79. The van der Waals surface area contributed by atoms with Crippen LogP contribution in [0.1, 0.15) is 35.4 Å². The van der Waals surface area contributed by atoms with Crippen molar-refractivity contribution in [2.24, 2.45) is 0 Å². The van der Waals surface area contributed by atoms with Crippen LogP contribution in [0.15, 0.2) is 18.2 Å². The summed E-state index contributed by atoms with van der Waals surface area (Å²) in [5, 5.41) is 0.782. The molecule has 0 atom stereocenters. The number of hydrogen-bond donors (Lipinski definition) is 2. The Bertz CT molecular complexity index is 870. The molecule has 6 nitrogen and oxygen atoms in total. The second-order valence-corrected chi connectivity index (χ2v) is 7.44. The largest absolute Gasteiger partial charge is 0.333 e. The normalized spacial score (nSPS) is 15.0. The van der Waals surface area contributed by atoms with Gasteiger partial charge in [0.25, 0.3) is 11.8 Å². The van der Waals surface area contributed by atoms with Gasteiger partial charge >= 0.3 is 0 Å². The van der Waals surface area contributed by atoms with Crippen LogP contribution in [0.25, 0.3) is 10.1 Å². The molecule has 1 aliphatic heterocycles. The molecule has 2 heterocycles. The summed E-state index contributed by atoms with van der Waals surface area (Å²) in [6, 6.07) is 4.07. The lowest BCUT2D eigenvalue weighted by molar-refractivity contribution is -0.135. The molecule has 0 aliphatic carbocycles. The summed E-state index contributed by atoms with van der Waals surface area (Å²) in [5.41, 5.74) is 4.58. The smallest absolute Gasteiger partial charge is 0.281 e. The van der Waals surface area contributed by atoms with Crippen molar-refractivity contribution in [3.05, 3.63) is 33.9 Å². The van der Waals surface area contributed by atoms with Crippen LogP contribution in [0.2, 0.25) is 5.02 Å². The van der Waals surface area contributed by atoms with Crippen molar-refractivity contribution >= 4 is 50.7 Å². The van der Waals surface area contributed by atoms with Gasteiger partial charge in [-0.2, -0.15) is 0 Å². The molecule has 1 aliphatic rings. The van der Waals surface area contributed by atoms with Crippen molar-refractivity contribution in [1.82, 2.24) is 15.8 Å². The van der Waals surface area contributed by atoms with E-state index in [-0.39, 0.29) is 22.4 Å². The van der Waals surface area contributed by atoms with Gasteiger partial charge in [-0.05, 0) is 31.0 Å². The van der Waals surface area contributed by atoms with Crippen LogP contribution < -0.4 is 10.9 Å². The highest BCUT2D eigenvalue weighted by Crippen LogP contribution is 2.35. The van der Waals surface area contributed by atoms with E-state index in [1.807, 2.05) is 0 Å². The lowest BCUT2D eigenvalue weighted by atomic mass is 10.2. The van der Waals surface area contributed by atoms with E-state index >= 15 is 0 Å². The molecule has 26 heavy (non-hydrogen) atoms. The third kappa shape index (κ3) is 4.13. The maximum absolute atomic E-state index is 13.3. The zero-order valence-corrected chi connectivity index (χ0v) is 15.4. The van der Waals surface area contributed by atoms with Gasteiger partial charge in [-0.1, -0.05) is 18.0 Å². The maximum Gasteiger partial charge on any atom is 0.281 e. The molecule has 138 valence electrons. The van der Waals surface area contributed by atoms with Crippen LogP contribution in [0.5, 0.6) is 0 Å². The van der Waals surface area contributed by atoms with Crippen molar-refractivity contribution in [1.29, 1.82) is 0 Å². The molecule has 0 saturated carbocycles. The minimum absolute atomic E-state index is 0.0569. The fourth-order valence-corrected chi connectivity index (χ4v) is 4.22. The maximum atomic E-state index is 13.3. The first-order valence-electron chi connectivity index (χ1n) is 8.20. The Balaban J connectivity index is 1.60. The Hall–Kier alpha value is -2.19. The van der Waals surface area contributed by atoms with E-state index in [2.05, 4.69) is 10.9 Å². The number of fused-ring (bicyclic) bond motifs is 1. The van der Waals surface area contributed by atoms with Gasteiger partial charge in [0.2, 0.25) is 5.91 Å². The number of carbonyl (C=O) groups excluding carboxylic acids is 3. The van der Waals surface area contributed by atoms with Gasteiger partial charge in [0.1, 0.15) is 17.2 Å². The van der Waals surface area contributed by atoms with E-state index in [1.165, 1.54) is 23.1 Å². The van der Waals surface area contributed by atoms with Gasteiger partial charge in [0.05, 0.1) is 5.02 Å². The number of nitrogens with one attached hydrogen (secondary N) is 2. The number of rotatable bonds is 3. The number of benzene rings is 1. The summed E-state index contributed by atoms with van der Waals surface area (Å²) in [5.74, 6) is -1.56. The summed E-state index contributed by atoms with van der Waals surface area (Å²) < 4.78 is 13.8. The second kappa shape index (κ2) is 8.01. The monoisotopic (exact) mass is 397 g/mol. The highest BCUT2D eigenvalue weighted by Gasteiger charge is 2.21. The zero-order valence-electron chi connectivity index (χ0n) is 13.8. The van der Waals surface area contributed by atoms with Gasteiger partial charge in [0.15, 0.2) is 0 Å². The van der Waals surface area contributed by atoms with Gasteiger partial charge in [-0.15, -0.1) is 11.3 Å². The Labute approximate surface area is 158 Å². The Morgan fingerprint density at radius 2 is 2.04 bits per heavy atom. The van der Waals surface area contributed by atoms with Crippen LogP contribution in [0.4, 0.5) is 4.39 Å². The van der Waals surface area contributed by atoms with Crippen molar-refractivity contribution in [2.75, 3.05) is 13.1 Å². The number of amides is 3. The summed E-state index contributed by atoms with van der Waals surface area (Å²) >= 11 is 7.21. The van der Waals surface area contributed by atoms with Crippen LogP contribution in [0.3, 0.4) is 0 Å². The second-order valence-electron chi connectivity index (χ2n) is 6.01. The number of likely N-dealkylation sites (tertiary alicyclic amines) is 1. The molecule has 0 radical (unpaired) electrons. The topological polar surface area (TPSA) is 78.5 Å². The fraction of sp³-hybridized carbons (Fsp3) is 0.353. The number of halogens is 2. The van der Waals surface area contributed by atoms with Crippen molar-refractivity contribution in [3.63, 3.8) is 0 Å². The average molecular weight is 398 g/mol. The minimum Gasteiger partial charge on any atom is -0.333 e. The highest BCUT2D eigenvalue weighted by molar-refractivity contribution is 7.21. The molecule has 2 N–H and O–H groups in total. The fourth-order valence-electron chi connectivity index (χ4n) is 2.79. The summed E-state index contributed by atoms with van der Waals surface area (Å²) in [7, 11) is 0. The highest BCUT2D eigenvalue weighted by atomic mass is 35.5. The molecular weight excluding hydrogens is 381 g/mol. The van der Waals surface area contributed by atoms with Crippen molar-refractivity contribution in [2.45, 2.75) is 25.7 Å². The molecule has 0 unspecified atom stereocenters. The van der Waals surface area contributed by atoms with E-state index < -0.39 is 17.6 Å². The van der Waals surface area contributed by atoms with E-state index in [1.54, 1.807) is 0 Å². The van der Waals surface area contributed by atoms with E-state index in [0.717, 1.165) is 30.6 Å². The van der Waals surface area contributed by atoms with E-state index in [9.17, 15) is 18.8 Å². The summed E-state index contributed by atoms with van der Waals surface area (Å²) in [4.78, 5) is 37.8. The first-order valence-corrected chi connectivity index (χ1v) is 9.39. The predicted octanol–water partition coefficient (Wildman–Crippen LogP) is 2.86. The van der Waals surface area contributed by atoms with E-state index in [0.29, 0.717) is 23.1 Å². The van der Waals surface area contributed by atoms with Crippen molar-refractivity contribution in [3.8, 4) is 0 Å². The predicted molar refractivity (Wildman–Crippen MR) is 97.4 cm³/mol. The van der Waals surface area contributed by atoms with Gasteiger partial charge < -0.3 is 4.90 Å². The molecule has 1 aromatic heterocycles. The van der Waals surface area contributed by atoms with Crippen LogP contribution >= 0.6 is 22.9 Å². The first kappa shape index (κ1) is 18.6. The Kier molecular flexibility index (Phi) is 5.73. The molecule has 3 amide bonds. The van der Waals surface area contributed by atoms with Gasteiger partial charge in [-0.25, -0.2) is 4.39 Å². The Morgan fingerprint density at radius 3 is 2.85 bits per heavy atom. The lowest BCUT2D eigenvalue weighted by Gasteiger charge is -2.19. The molecule has 2 aromatic rings. The number of carbonyl (C=O) groups is 3. The molecule has 0 spiro atoms. The minimum atomic E-state index is -0.591. The molecule has 1 saturated heterocycles. The number of hydrazine groups is 1. The van der Waals surface area contributed by atoms with Crippen LogP contribution in [-0.4, -0.2) is 35.7 Å². The first-order chi connectivity index (χ1) is 12.5. The number of thiophene rings is 1. The summed E-state index contributed by atoms with van der Waals surface area (Å²) in [6.45, 7) is 0.429. The zero-order chi connectivity index (χ0) is 18.7. The third-order valence-electron chi connectivity index (χ3n) is 4.12. The quantitative estimate of drug-likeness (QED) is 0.782. The van der Waals surface area contributed by atoms with Gasteiger partial charge in [-0.3, -0.25) is 25.2 Å². The molecule has 3 rings (SSSR count). The summed E-state index contributed by atoms with van der Waals surface area (Å²) in [6.07, 6.45) is 3.09. The number of nitrogens with zero attached hydrogens (tertiary/aromatic N) is 1. The standard InChI is InChI=1S/C17H17ClFN3O3S/c18-15-11-6-5-10(19)8-12(11)26-16(15)17(25)21-20-13(23)9-22-7-3-1-2-4-14(22)24/h5-6,8H,1-4,7,9H2,(H,20,23)(H,21,25). The molecule has 1 fully saturated rings. The van der Waals surface area contributed by atoms with E-state index in [4.69, 9.17) is 11.6 Å². The van der Waals surface area contributed by atoms with Crippen LogP contribution in [0, 0.1) is 5.82 Å².